The maximum atomic E-state index is 12.5. The van der Waals surface area contributed by atoms with E-state index in [9.17, 15) is 4.79 Å². The summed E-state index contributed by atoms with van der Waals surface area (Å²) in [5, 5.41) is 6.90. The number of hydrogen-bond acceptors (Lipinski definition) is 5. The van der Waals surface area contributed by atoms with E-state index < -0.39 is 0 Å². The number of carbonyl (C=O) groups excluding carboxylic acids is 1. The molecule has 0 aliphatic rings. The van der Waals surface area contributed by atoms with Crippen molar-refractivity contribution in [2.45, 2.75) is 45.6 Å². The molecule has 1 atom stereocenters. The summed E-state index contributed by atoms with van der Waals surface area (Å²) in [6.07, 6.45) is 4.38. The Morgan fingerprint density at radius 3 is 2.91 bits per heavy atom. The van der Waals surface area contributed by atoms with Gasteiger partial charge < -0.3 is 15.6 Å². The number of halogens is 1. The lowest BCUT2D eigenvalue weighted by molar-refractivity contribution is 0.0939. The number of nitrogens with two attached hydrogens (primary N) is 1. The Hall–Kier alpha value is -1.34. The molecule has 1 unspecified atom stereocenters. The number of hydrogen-bond donors (Lipinski definition) is 2. The smallest absolute Gasteiger partial charge is 0.259 e. The Kier molecular flexibility index (Phi) is 6.02. The summed E-state index contributed by atoms with van der Waals surface area (Å²) in [5.41, 5.74) is 6.60. The third-order valence-corrected chi connectivity index (χ3v) is 5.00. The van der Waals surface area contributed by atoms with Crippen LogP contribution in [-0.4, -0.2) is 17.1 Å². The van der Waals surface area contributed by atoms with Gasteiger partial charge in [-0.3, -0.25) is 4.79 Å². The molecular formula is C15H20BrN3O2S. The summed E-state index contributed by atoms with van der Waals surface area (Å²) in [7, 11) is 0. The van der Waals surface area contributed by atoms with Crippen molar-refractivity contribution in [2.75, 3.05) is 5.73 Å². The fourth-order valence-electron chi connectivity index (χ4n) is 2.20. The van der Waals surface area contributed by atoms with Crippen molar-refractivity contribution >= 4 is 39.1 Å². The molecule has 3 N–H and O–H groups in total. The quantitative estimate of drug-likeness (QED) is 0.689. The SMILES string of the molecule is CCCCCC(C)NC(=O)c1c(-c2ccc(Br)s2)noc1N. The van der Waals surface area contributed by atoms with Crippen LogP contribution in [0, 0.1) is 0 Å². The first-order chi connectivity index (χ1) is 10.5. The van der Waals surface area contributed by atoms with Crippen molar-refractivity contribution in [2.24, 2.45) is 0 Å². The molecule has 1 amide bonds. The molecule has 0 radical (unpaired) electrons. The van der Waals surface area contributed by atoms with E-state index in [2.05, 4.69) is 33.3 Å². The van der Waals surface area contributed by atoms with Crippen LogP contribution < -0.4 is 11.1 Å². The molecule has 0 bridgehead atoms. The van der Waals surface area contributed by atoms with Crippen molar-refractivity contribution in [3.63, 3.8) is 0 Å². The monoisotopic (exact) mass is 385 g/mol. The van der Waals surface area contributed by atoms with E-state index in [1.54, 1.807) is 0 Å². The van der Waals surface area contributed by atoms with Gasteiger partial charge in [0, 0.05) is 6.04 Å². The number of carbonyl (C=O) groups is 1. The highest BCUT2D eigenvalue weighted by Gasteiger charge is 2.24. The van der Waals surface area contributed by atoms with E-state index in [0.717, 1.165) is 27.9 Å². The van der Waals surface area contributed by atoms with Gasteiger partial charge in [0.1, 0.15) is 11.3 Å². The summed E-state index contributed by atoms with van der Waals surface area (Å²) in [5.74, 6) is -0.181. The predicted molar refractivity (Wildman–Crippen MR) is 93.0 cm³/mol. The van der Waals surface area contributed by atoms with Gasteiger partial charge in [-0.15, -0.1) is 11.3 Å². The molecule has 7 heteroatoms. The van der Waals surface area contributed by atoms with Gasteiger partial charge in [0.15, 0.2) is 0 Å². The highest BCUT2D eigenvalue weighted by molar-refractivity contribution is 9.11. The van der Waals surface area contributed by atoms with Gasteiger partial charge in [0.2, 0.25) is 5.88 Å². The van der Waals surface area contributed by atoms with E-state index in [1.165, 1.54) is 17.8 Å². The van der Waals surface area contributed by atoms with E-state index >= 15 is 0 Å². The summed E-state index contributed by atoms with van der Waals surface area (Å²) >= 11 is 4.88. The number of aromatic nitrogens is 1. The standard InChI is InChI=1S/C15H20BrN3O2S/c1-3-4-5-6-9(2)18-15(20)12-13(19-21-14(12)17)10-7-8-11(16)22-10/h7-9H,3-6,17H2,1-2H3,(H,18,20). The van der Waals surface area contributed by atoms with Gasteiger partial charge in [-0.1, -0.05) is 31.3 Å². The lowest BCUT2D eigenvalue weighted by Crippen LogP contribution is -2.33. The van der Waals surface area contributed by atoms with E-state index in [1.807, 2.05) is 19.1 Å². The van der Waals surface area contributed by atoms with Crippen LogP contribution in [0.3, 0.4) is 0 Å². The Balaban J connectivity index is 2.11. The number of amides is 1. The molecule has 0 spiro atoms. The van der Waals surface area contributed by atoms with Crippen LogP contribution in [0.4, 0.5) is 5.88 Å². The molecule has 2 heterocycles. The second-order valence-electron chi connectivity index (χ2n) is 5.24. The second kappa shape index (κ2) is 7.78. The van der Waals surface area contributed by atoms with Crippen molar-refractivity contribution in [1.29, 1.82) is 0 Å². The number of rotatable bonds is 7. The molecule has 0 aromatic carbocycles. The van der Waals surface area contributed by atoms with Crippen LogP contribution in [0.2, 0.25) is 0 Å². The average Bonchev–Trinajstić information content (AvgIpc) is 3.05. The lowest BCUT2D eigenvalue weighted by Gasteiger charge is -2.13. The number of anilines is 1. The van der Waals surface area contributed by atoms with Crippen LogP contribution in [0.5, 0.6) is 0 Å². The Bertz CT molecular complexity index is 639. The van der Waals surface area contributed by atoms with Crippen LogP contribution in [0.25, 0.3) is 10.6 Å². The van der Waals surface area contributed by atoms with Gasteiger partial charge in [0.05, 0.1) is 8.66 Å². The zero-order valence-corrected chi connectivity index (χ0v) is 15.1. The minimum absolute atomic E-state index is 0.0535. The predicted octanol–water partition coefficient (Wildman–Crippen LogP) is 4.45. The second-order valence-corrected chi connectivity index (χ2v) is 7.71. The lowest BCUT2D eigenvalue weighted by atomic mass is 10.1. The third kappa shape index (κ3) is 4.10. The van der Waals surface area contributed by atoms with Crippen LogP contribution in [-0.2, 0) is 0 Å². The molecule has 0 saturated carbocycles. The molecule has 0 aliphatic carbocycles. The van der Waals surface area contributed by atoms with E-state index in [-0.39, 0.29) is 17.8 Å². The largest absolute Gasteiger partial charge is 0.367 e. The minimum Gasteiger partial charge on any atom is -0.367 e. The molecule has 0 saturated heterocycles. The maximum absolute atomic E-state index is 12.5. The van der Waals surface area contributed by atoms with Crippen molar-refractivity contribution < 1.29 is 9.32 Å². The van der Waals surface area contributed by atoms with Gasteiger partial charge in [-0.25, -0.2) is 0 Å². The zero-order chi connectivity index (χ0) is 16.1. The van der Waals surface area contributed by atoms with Gasteiger partial charge in [-0.05, 0) is 41.4 Å². The number of unbranched alkanes of at least 4 members (excludes halogenated alkanes) is 2. The van der Waals surface area contributed by atoms with E-state index in [0.29, 0.717) is 11.3 Å². The first-order valence-corrected chi connectivity index (χ1v) is 8.95. The third-order valence-electron chi connectivity index (χ3n) is 3.37. The molecule has 2 aromatic heterocycles. The van der Waals surface area contributed by atoms with Gasteiger partial charge in [-0.2, -0.15) is 0 Å². The highest BCUT2D eigenvalue weighted by atomic mass is 79.9. The fourth-order valence-corrected chi connectivity index (χ4v) is 3.57. The molecule has 120 valence electrons. The Morgan fingerprint density at radius 1 is 1.50 bits per heavy atom. The number of nitrogens with one attached hydrogen (secondary N) is 1. The molecule has 22 heavy (non-hydrogen) atoms. The average molecular weight is 386 g/mol. The summed E-state index contributed by atoms with van der Waals surface area (Å²) in [4.78, 5) is 13.3. The van der Waals surface area contributed by atoms with Gasteiger partial charge >= 0.3 is 0 Å². The molecular weight excluding hydrogens is 366 g/mol. The van der Waals surface area contributed by atoms with E-state index in [4.69, 9.17) is 10.3 Å². The van der Waals surface area contributed by atoms with Crippen LogP contribution in [0.1, 0.15) is 49.9 Å². The summed E-state index contributed by atoms with van der Waals surface area (Å²) < 4.78 is 5.98. The highest BCUT2D eigenvalue weighted by Crippen LogP contribution is 2.34. The number of nitrogen functional groups attached to an aromatic ring is 1. The zero-order valence-electron chi connectivity index (χ0n) is 12.7. The van der Waals surface area contributed by atoms with Crippen LogP contribution in [0.15, 0.2) is 20.4 Å². The molecule has 2 aromatic rings. The normalized spacial score (nSPS) is 12.3. The Labute approximate surface area is 142 Å². The fraction of sp³-hybridized carbons (Fsp3) is 0.467. The summed E-state index contributed by atoms with van der Waals surface area (Å²) in [6.45, 7) is 4.16. The number of thiophene rings is 1. The van der Waals surface area contributed by atoms with Crippen LogP contribution >= 0.6 is 27.3 Å². The topological polar surface area (TPSA) is 81.2 Å². The first-order valence-electron chi connectivity index (χ1n) is 7.34. The summed E-state index contributed by atoms with van der Waals surface area (Å²) in [6, 6.07) is 3.88. The van der Waals surface area contributed by atoms with Crippen molar-refractivity contribution in [1.82, 2.24) is 10.5 Å². The molecule has 0 fully saturated rings. The first kappa shape index (κ1) is 17.0. The molecule has 2 rings (SSSR count). The molecule has 5 nitrogen and oxygen atoms in total. The minimum atomic E-state index is -0.234. The Morgan fingerprint density at radius 2 is 2.27 bits per heavy atom. The van der Waals surface area contributed by atoms with Crippen molar-refractivity contribution in [3.05, 3.63) is 21.5 Å². The van der Waals surface area contributed by atoms with Crippen molar-refractivity contribution in [3.8, 4) is 10.6 Å². The number of nitrogens with zero attached hydrogens (tertiary/aromatic N) is 1. The molecule has 0 aliphatic heterocycles. The van der Waals surface area contributed by atoms with Gasteiger partial charge in [0.25, 0.3) is 5.91 Å². The maximum Gasteiger partial charge on any atom is 0.259 e.